The summed E-state index contributed by atoms with van der Waals surface area (Å²) >= 11 is 6.34. The number of amides is 4. The Kier molecular flexibility index (Phi) is 9.09. The summed E-state index contributed by atoms with van der Waals surface area (Å²) in [7, 11) is 0. The van der Waals surface area contributed by atoms with Crippen molar-refractivity contribution < 1.29 is 19.2 Å². The SMILES string of the molecule is C[C@@H]1CCN([C@H](Cc2cccc3ccccc23)C(N)=O)C(=O)[C@H](c2cccc(Cl)c2)N1C(=O)CNC(=O)[C@@H]1CCCN1. The lowest BCUT2D eigenvalue weighted by Crippen LogP contribution is -2.53. The molecule has 0 aliphatic carbocycles. The van der Waals surface area contributed by atoms with Crippen molar-refractivity contribution in [2.45, 2.75) is 56.8 Å². The number of rotatable bonds is 8. The van der Waals surface area contributed by atoms with Gasteiger partial charge in [-0.05, 0) is 66.8 Å². The van der Waals surface area contributed by atoms with E-state index in [1.807, 2.05) is 49.4 Å². The number of benzene rings is 3. The fourth-order valence-electron chi connectivity index (χ4n) is 6.11. The third-order valence-corrected chi connectivity index (χ3v) is 8.53. The van der Waals surface area contributed by atoms with Gasteiger partial charge in [0.05, 0.1) is 12.6 Å². The Morgan fingerprint density at radius 2 is 1.83 bits per heavy atom. The molecule has 2 aliphatic heterocycles. The smallest absolute Gasteiger partial charge is 0.250 e. The van der Waals surface area contributed by atoms with Crippen molar-refractivity contribution in [2.24, 2.45) is 5.73 Å². The number of carbonyl (C=O) groups is 4. The zero-order valence-electron chi connectivity index (χ0n) is 23.6. The van der Waals surface area contributed by atoms with E-state index in [4.69, 9.17) is 17.3 Å². The summed E-state index contributed by atoms with van der Waals surface area (Å²) in [5.41, 5.74) is 7.39. The maximum Gasteiger partial charge on any atom is 0.250 e. The van der Waals surface area contributed by atoms with Crippen LogP contribution in [0.25, 0.3) is 10.8 Å². The van der Waals surface area contributed by atoms with E-state index >= 15 is 0 Å². The van der Waals surface area contributed by atoms with Crippen LogP contribution in [-0.4, -0.2) is 71.2 Å². The first-order chi connectivity index (χ1) is 20.2. The molecule has 2 aliphatic rings. The molecule has 0 bridgehead atoms. The van der Waals surface area contributed by atoms with Gasteiger partial charge >= 0.3 is 0 Å². The fraction of sp³-hybridized carbons (Fsp3) is 0.375. The van der Waals surface area contributed by atoms with E-state index in [0.29, 0.717) is 23.4 Å². The van der Waals surface area contributed by atoms with Crippen LogP contribution in [0, 0.1) is 0 Å². The number of nitrogens with zero attached hydrogens (tertiary/aromatic N) is 2. The first-order valence-electron chi connectivity index (χ1n) is 14.4. The van der Waals surface area contributed by atoms with Crippen molar-refractivity contribution in [3.05, 3.63) is 82.9 Å². The van der Waals surface area contributed by atoms with Gasteiger partial charge in [0.15, 0.2) is 0 Å². The van der Waals surface area contributed by atoms with Gasteiger partial charge < -0.3 is 26.2 Å². The van der Waals surface area contributed by atoms with Gasteiger partial charge in [-0.3, -0.25) is 19.2 Å². The van der Waals surface area contributed by atoms with Gasteiger partial charge in [-0.1, -0.05) is 66.2 Å². The van der Waals surface area contributed by atoms with E-state index in [1.54, 1.807) is 24.3 Å². The number of nitrogens with two attached hydrogens (primary N) is 1. The summed E-state index contributed by atoms with van der Waals surface area (Å²) in [4.78, 5) is 56.8. The van der Waals surface area contributed by atoms with Crippen molar-refractivity contribution in [3.63, 3.8) is 0 Å². The van der Waals surface area contributed by atoms with Crippen LogP contribution in [0.15, 0.2) is 66.7 Å². The molecule has 4 atom stereocenters. The molecule has 3 aromatic carbocycles. The maximum atomic E-state index is 14.4. The first-order valence-corrected chi connectivity index (χ1v) is 14.8. The lowest BCUT2D eigenvalue weighted by atomic mass is 9.96. The molecule has 4 amide bonds. The van der Waals surface area contributed by atoms with E-state index in [2.05, 4.69) is 10.6 Å². The van der Waals surface area contributed by atoms with E-state index in [-0.39, 0.29) is 37.5 Å². The van der Waals surface area contributed by atoms with E-state index in [0.717, 1.165) is 29.3 Å². The van der Waals surface area contributed by atoms with Gasteiger partial charge in [-0.15, -0.1) is 0 Å². The second-order valence-electron chi connectivity index (χ2n) is 11.1. The Labute approximate surface area is 250 Å². The third-order valence-electron chi connectivity index (χ3n) is 8.30. The molecular formula is C32H36ClN5O4. The zero-order valence-corrected chi connectivity index (χ0v) is 24.3. The highest BCUT2D eigenvalue weighted by Gasteiger charge is 2.43. The number of hydrogen-bond acceptors (Lipinski definition) is 5. The zero-order chi connectivity index (χ0) is 29.8. The van der Waals surface area contributed by atoms with Crippen LogP contribution in [0.2, 0.25) is 5.02 Å². The van der Waals surface area contributed by atoms with Gasteiger partial charge in [0.1, 0.15) is 12.1 Å². The summed E-state index contributed by atoms with van der Waals surface area (Å²) in [6.45, 7) is 2.62. The largest absolute Gasteiger partial charge is 0.368 e. The Bertz CT molecular complexity index is 1490. The van der Waals surface area contributed by atoms with Gasteiger partial charge in [0.2, 0.25) is 17.7 Å². The third kappa shape index (κ3) is 6.27. The van der Waals surface area contributed by atoms with Gasteiger partial charge in [0.25, 0.3) is 5.91 Å². The second kappa shape index (κ2) is 12.9. The molecule has 42 heavy (non-hydrogen) atoms. The number of fused-ring (bicyclic) bond motifs is 1. The standard InChI is InChI=1S/C32H36ClN5O4/c1-20-14-16-37(27(30(34)40)18-22-9-4-8-21-7-2-3-12-25(21)22)32(42)29(23-10-5-11-24(33)17-23)38(20)28(39)19-36-31(41)26-13-6-15-35-26/h2-5,7-12,17,20,26-27,29,35H,6,13-16,18-19H2,1H3,(H2,34,40)(H,36,41)/t20-,26+,27-,29+/m1/s1. The Balaban J connectivity index is 1.47. The molecule has 220 valence electrons. The number of carbonyl (C=O) groups excluding carboxylic acids is 4. The van der Waals surface area contributed by atoms with Crippen LogP contribution in [-0.2, 0) is 25.6 Å². The molecular weight excluding hydrogens is 554 g/mol. The van der Waals surface area contributed by atoms with Crippen LogP contribution >= 0.6 is 11.6 Å². The number of halogens is 1. The van der Waals surface area contributed by atoms with E-state index < -0.39 is 29.8 Å². The molecule has 0 spiro atoms. The normalized spacial score (nSPS) is 21.7. The summed E-state index contributed by atoms with van der Waals surface area (Å²) in [5, 5.41) is 8.30. The molecule has 0 unspecified atom stereocenters. The number of hydrogen-bond donors (Lipinski definition) is 3. The highest BCUT2D eigenvalue weighted by atomic mass is 35.5. The lowest BCUT2D eigenvalue weighted by molar-refractivity contribution is -0.148. The lowest BCUT2D eigenvalue weighted by Gasteiger charge is -2.36. The summed E-state index contributed by atoms with van der Waals surface area (Å²) in [6.07, 6.45) is 2.27. The highest BCUT2D eigenvalue weighted by molar-refractivity contribution is 6.30. The van der Waals surface area contributed by atoms with Crippen molar-refractivity contribution in [2.75, 3.05) is 19.6 Å². The summed E-state index contributed by atoms with van der Waals surface area (Å²) < 4.78 is 0. The molecule has 0 aromatic heterocycles. The van der Waals surface area contributed by atoms with Crippen LogP contribution in [0.5, 0.6) is 0 Å². The van der Waals surface area contributed by atoms with Crippen LogP contribution in [0.3, 0.4) is 0 Å². The van der Waals surface area contributed by atoms with E-state index in [1.165, 1.54) is 9.80 Å². The minimum absolute atomic E-state index is 0.234. The molecule has 5 rings (SSSR count). The summed E-state index contributed by atoms with van der Waals surface area (Å²) in [6, 6.07) is 17.9. The maximum absolute atomic E-state index is 14.4. The second-order valence-corrected chi connectivity index (χ2v) is 11.5. The quantitative estimate of drug-likeness (QED) is 0.373. The van der Waals surface area contributed by atoms with Gasteiger partial charge in [-0.25, -0.2) is 0 Å². The number of primary amides is 1. The highest BCUT2D eigenvalue weighted by Crippen LogP contribution is 2.33. The Hall–Kier alpha value is -3.95. The fourth-order valence-corrected chi connectivity index (χ4v) is 6.31. The van der Waals surface area contributed by atoms with Crippen LogP contribution < -0.4 is 16.4 Å². The molecule has 0 radical (unpaired) electrons. The van der Waals surface area contributed by atoms with Crippen LogP contribution in [0.1, 0.15) is 43.4 Å². The molecule has 10 heteroatoms. The van der Waals surface area contributed by atoms with E-state index in [9.17, 15) is 19.2 Å². The minimum Gasteiger partial charge on any atom is -0.368 e. The first kappa shape index (κ1) is 29.5. The molecule has 2 fully saturated rings. The van der Waals surface area contributed by atoms with Crippen molar-refractivity contribution in [3.8, 4) is 0 Å². The molecule has 9 nitrogen and oxygen atoms in total. The van der Waals surface area contributed by atoms with Crippen LogP contribution in [0.4, 0.5) is 0 Å². The minimum atomic E-state index is -1.05. The number of nitrogens with one attached hydrogen (secondary N) is 2. The van der Waals surface area contributed by atoms with Crippen molar-refractivity contribution in [1.29, 1.82) is 0 Å². The van der Waals surface area contributed by atoms with Crippen molar-refractivity contribution >= 4 is 46.0 Å². The Morgan fingerprint density at radius 1 is 1.07 bits per heavy atom. The van der Waals surface area contributed by atoms with Crippen molar-refractivity contribution in [1.82, 2.24) is 20.4 Å². The molecule has 3 aromatic rings. The van der Waals surface area contributed by atoms with Gasteiger partial charge in [-0.2, -0.15) is 0 Å². The topological polar surface area (TPSA) is 125 Å². The Morgan fingerprint density at radius 3 is 2.57 bits per heavy atom. The average Bonchev–Trinajstić information content (AvgIpc) is 3.49. The monoisotopic (exact) mass is 589 g/mol. The molecule has 4 N–H and O–H groups in total. The molecule has 0 saturated carbocycles. The molecule has 2 saturated heterocycles. The predicted molar refractivity (Wildman–Crippen MR) is 161 cm³/mol. The van der Waals surface area contributed by atoms with Gasteiger partial charge in [0, 0.05) is 24.0 Å². The molecule has 2 heterocycles. The average molecular weight is 590 g/mol. The predicted octanol–water partition coefficient (Wildman–Crippen LogP) is 2.95. The summed E-state index contributed by atoms with van der Waals surface area (Å²) in [5.74, 6) is -1.66.